The van der Waals surface area contributed by atoms with Crippen LogP contribution < -0.4 is 4.74 Å². The number of allylic oxidation sites excluding steroid dienone is 2. The van der Waals surface area contributed by atoms with Crippen molar-refractivity contribution < 1.29 is 9.48 Å². The van der Waals surface area contributed by atoms with Crippen LogP contribution in [0.3, 0.4) is 0 Å². The SMILES string of the molecule is CCCCCCC1(CCCCCC)C=C2C(=[N+]([O-])c3cc4c(cc32)C=CC(C)(C)O4)C(C)(C)C1. The zero-order valence-electron chi connectivity index (χ0n) is 22.4. The predicted octanol–water partition coefficient (Wildman–Crippen LogP) is 9.21. The van der Waals surface area contributed by atoms with Crippen LogP contribution in [0.15, 0.2) is 24.3 Å². The molecule has 0 unspecified atom stereocenters. The van der Waals surface area contributed by atoms with E-state index in [0.717, 1.165) is 34.7 Å². The summed E-state index contributed by atoms with van der Waals surface area (Å²) in [6, 6.07) is 4.18. The van der Waals surface area contributed by atoms with Crippen LogP contribution in [0.5, 0.6) is 5.75 Å². The van der Waals surface area contributed by atoms with Crippen LogP contribution in [0.4, 0.5) is 5.69 Å². The molecule has 2 heterocycles. The first kappa shape index (κ1) is 25.1. The largest absolute Gasteiger partial charge is 0.618 e. The van der Waals surface area contributed by atoms with Gasteiger partial charge in [-0.05, 0) is 64.5 Å². The summed E-state index contributed by atoms with van der Waals surface area (Å²) in [6.45, 7) is 13.3. The minimum Gasteiger partial charge on any atom is -0.618 e. The van der Waals surface area contributed by atoms with Gasteiger partial charge < -0.3 is 9.94 Å². The summed E-state index contributed by atoms with van der Waals surface area (Å²) < 4.78 is 7.43. The minimum absolute atomic E-state index is 0.156. The van der Waals surface area contributed by atoms with E-state index >= 15 is 0 Å². The lowest BCUT2D eigenvalue weighted by atomic mass is 9.60. The topological polar surface area (TPSA) is 35.3 Å². The molecule has 0 radical (unpaired) electrons. The van der Waals surface area contributed by atoms with E-state index in [1.165, 1.54) is 74.5 Å². The molecule has 3 nitrogen and oxygen atoms in total. The van der Waals surface area contributed by atoms with Gasteiger partial charge in [0.2, 0.25) is 11.4 Å². The highest BCUT2D eigenvalue weighted by molar-refractivity contribution is 6.28. The van der Waals surface area contributed by atoms with Crippen molar-refractivity contribution in [3.63, 3.8) is 0 Å². The van der Waals surface area contributed by atoms with E-state index in [1.54, 1.807) is 0 Å². The molecule has 34 heavy (non-hydrogen) atoms. The van der Waals surface area contributed by atoms with Crippen LogP contribution in [-0.4, -0.2) is 16.1 Å². The molecule has 0 bridgehead atoms. The Morgan fingerprint density at radius 2 is 1.56 bits per heavy atom. The van der Waals surface area contributed by atoms with Gasteiger partial charge in [0, 0.05) is 5.56 Å². The predicted molar refractivity (Wildman–Crippen MR) is 145 cm³/mol. The normalized spacial score (nSPS) is 20.9. The van der Waals surface area contributed by atoms with Crippen molar-refractivity contribution in [2.75, 3.05) is 0 Å². The van der Waals surface area contributed by atoms with E-state index in [-0.39, 0.29) is 16.4 Å². The molecule has 186 valence electrons. The van der Waals surface area contributed by atoms with E-state index in [9.17, 15) is 5.21 Å². The molecule has 0 N–H and O–H groups in total. The summed E-state index contributed by atoms with van der Waals surface area (Å²) in [5, 5.41) is 13.7. The minimum atomic E-state index is -0.349. The Hall–Kier alpha value is -2.03. The Morgan fingerprint density at radius 1 is 0.912 bits per heavy atom. The lowest BCUT2D eigenvalue weighted by molar-refractivity contribution is -0.361. The average molecular weight is 464 g/mol. The Morgan fingerprint density at radius 3 is 2.18 bits per heavy atom. The third kappa shape index (κ3) is 4.86. The second-order valence-corrected chi connectivity index (χ2v) is 12.2. The highest BCUT2D eigenvalue weighted by Crippen LogP contribution is 2.55. The number of unbranched alkanes of at least 4 members (excludes halogenated alkanes) is 6. The van der Waals surface area contributed by atoms with Gasteiger partial charge in [0.15, 0.2) is 0 Å². The van der Waals surface area contributed by atoms with Crippen molar-refractivity contribution in [2.24, 2.45) is 10.8 Å². The van der Waals surface area contributed by atoms with Crippen molar-refractivity contribution in [2.45, 2.75) is 118 Å². The van der Waals surface area contributed by atoms with Gasteiger partial charge in [0.25, 0.3) is 0 Å². The second-order valence-electron chi connectivity index (χ2n) is 12.2. The monoisotopic (exact) mass is 463 g/mol. The molecule has 2 aliphatic heterocycles. The molecular formula is C31H45NO2. The first-order valence-electron chi connectivity index (χ1n) is 13.8. The molecule has 0 fully saturated rings. The lowest BCUT2D eigenvalue weighted by Gasteiger charge is -2.42. The fourth-order valence-corrected chi connectivity index (χ4v) is 6.51. The summed E-state index contributed by atoms with van der Waals surface area (Å²) >= 11 is 0. The molecule has 0 amide bonds. The van der Waals surface area contributed by atoms with E-state index in [0.29, 0.717) is 0 Å². The average Bonchev–Trinajstić information content (AvgIpc) is 3.03. The number of hydrogen-bond donors (Lipinski definition) is 0. The van der Waals surface area contributed by atoms with Crippen molar-refractivity contribution in [3.8, 4) is 5.75 Å². The third-order valence-electron chi connectivity index (χ3n) is 8.07. The van der Waals surface area contributed by atoms with Crippen LogP contribution in [0.25, 0.3) is 11.6 Å². The van der Waals surface area contributed by atoms with Gasteiger partial charge in [-0.25, -0.2) is 0 Å². The van der Waals surface area contributed by atoms with Gasteiger partial charge >= 0.3 is 0 Å². The highest BCUT2D eigenvalue weighted by atomic mass is 16.5. The van der Waals surface area contributed by atoms with Gasteiger partial charge in [-0.1, -0.05) is 77.4 Å². The summed E-state index contributed by atoms with van der Waals surface area (Å²) in [5.74, 6) is 0.815. The number of hydrogen-bond acceptors (Lipinski definition) is 2. The van der Waals surface area contributed by atoms with E-state index in [4.69, 9.17) is 4.74 Å². The molecule has 0 spiro atoms. The summed E-state index contributed by atoms with van der Waals surface area (Å²) in [4.78, 5) is 0. The summed E-state index contributed by atoms with van der Waals surface area (Å²) in [5.41, 5.74) is 4.74. The quantitative estimate of drug-likeness (QED) is 0.197. The van der Waals surface area contributed by atoms with Crippen molar-refractivity contribution in [1.29, 1.82) is 0 Å². The van der Waals surface area contributed by atoms with E-state index in [2.05, 4.69) is 65.8 Å². The van der Waals surface area contributed by atoms with Gasteiger partial charge in [-0.3, -0.25) is 0 Å². The number of fused-ring (bicyclic) bond motifs is 4. The standard InChI is InChI=1S/C31H45NO2/c1-7-9-11-13-16-31(17-14-12-10-8-2)21-25-24-19-23-15-18-30(5,6)34-27(23)20-26(24)32(33)28(25)29(3,4)22-31/h15,18-21H,7-14,16-17,22H2,1-6H3. The van der Waals surface area contributed by atoms with Gasteiger partial charge in [-0.2, -0.15) is 4.74 Å². The molecule has 1 aliphatic carbocycles. The van der Waals surface area contributed by atoms with E-state index < -0.39 is 0 Å². The Balaban J connectivity index is 1.75. The van der Waals surface area contributed by atoms with Gasteiger partial charge in [-0.15, -0.1) is 0 Å². The molecule has 0 saturated carbocycles. The molecular weight excluding hydrogens is 418 g/mol. The van der Waals surface area contributed by atoms with Crippen molar-refractivity contribution in [1.82, 2.24) is 0 Å². The van der Waals surface area contributed by atoms with E-state index in [1.807, 2.05) is 6.07 Å². The number of ether oxygens (including phenoxy) is 1. The fourth-order valence-electron chi connectivity index (χ4n) is 6.51. The van der Waals surface area contributed by atoms with Crippen LogP contribution in [0.1, 0.15) is 123 Å². The number of nitrogens with zero attached hydrogens (tertiary/aromatic N) is 1. The van der Waals surface area contributed by atoms with Crippen LogP contribution >= 0.6 is 0 Å². The van der Waals surface area contributed by atoms with Gasteiger partial charge in [0.1, 0.15) is 11.4 Å². The lowest BCUT2D eigenvalue weighted by Crippen LogP contribution is -2.39. The first-order chi connectivity index (χ1) is 16.1. The molecule has 1 aromatic rings. The Kier molecular flexibility index (Phi) is 7.04. The van der Waals surface area contributed by atoms with Crippen molar-refractivity contribution >= 4 is 23.0 Å². The molecule has 3 aliphatic rings. The Bertz CT molecular complexity index is 997. The molecule has 4 rings (SSSR count). The number of rotatable bonds is 10. The first-order valence-corrected chi connectivity index (χ1v) is 13.8. The molecule has 0 aromatic heterocycles. The Labute approximate surface area is 207 Å². The zero-order valence-corrected chi connectivity index (χ0v) is 22.4. The van der Waals surface area contributed by atoms with Crippen molar-refractivity contribution in [3.05, 3.63) is 40.6 Å². The molecule has 3 heteroatoms. The maximum absolute atomic E-state index is 13.7. The smallest absolute Gasteiger partial charge is 0.228 e. The third-order valence-corrected chi connectivity index (χ3v) is 8.07. The molecule has 1 aromatic carbocycles. The van der Waals surface area contributed by atoms with Crippen LogP contribution in [0, 0.1) is 16.0 Å². The maximum Gasteiger partial charge on any atom is 0.228 e. The van der Waals surface area contributed by atoms with Crippen LogP contribution in [0.2, 0.25) is 0 Å². The van der Waals surface area contributed by atoms with Crippen LogP contribution in [-0.2, 0) is 0 Å². The van der Waals surface area contributed by atoms with Gasteiger partial charge in [0.05, 0.1) is 22.6 Å². The second kappa shape index (κ2) is 9.55. The summed E-state index contributed by atoms with van der Waals surface area (Å²) in [6.07, 6.45) is 20.7. The molecule has 0 saturated heterocycles. The zero-order chi connectivity index (χ0) is 24.6. The summed E-state index contributed by atoms with van der Waals surface area (Å²) in [7, 11) is 0. The highest BCUT2D eigenvalue weighted by Gasteiger charge is 2.51. The fraction of sp³-hybridized carbons (Fsp3) is 0.645. The maximum atomic E-state index is 13.7. The molecule has 0 atom stereocenters. The number of benzene rings is 1.